The average molecular weight is 412 g/mol. The van der Waals surface area contributed by atoms with Crippen molar-refractivity contribution in [2.75, 3.05) is 72.7 Å². The first-order valence-electron chi connectivity index (χ1n) is 10.8. The molecule has 1 amide bonds. The molecule has 1 spiro atoms. The van der Waals surface area contributed by atoms with Crippen molar-refractivity contribution in [2.45, 2.75) is 39.2 Å². The van der Waals surface area contributed by atoms with Crippen LogP contribution >= 0.6 is 0 Å². The summed E-state index contributed by atoms with van der Waals surface area (Å²) in [5.41, 5.74) is -0.610. The van der Waals surface area contributed by atoms with Crippen LogP contribution in [-0.2, 0) is 19.0 Å². The molecule has 166 valence electrons. The van der Waals surface area contributed by atoms with Gasteiger partial charge in [0.05, 0.1) is 26.2 Å². The summed E-state index contributed by atoms with van der Waals surface area (Å²) in [4.78, 5) is 31.6. The van der Waals surface area contributed by atoms with Gasteiger partial charge in [-0.2, -0.15) is 0 Å². The molecule has 1 unspecified atom stereocenters. The number of ether oxygens (including phenoxy) is 3. The van der Waals surface area contributed by atoms with E-state index in [1.54, 1.807) is 4.90 Å². The van der Waals surface area contributed by atoms with Crippen LogP contribution in [0.1, 0.15) is 33.6 Å². The van der Waals surface area contributed by atoms with Gasteiger partial charge >= 0.3 is 12.1 Å². The third kappa shape index (κ3) is 5.61. The summed E-state index contributed by atoms with van der Waals surface area (Å²) in [6, 6.07) is 0. The van der Waals surface area contributed by atoms with Crippen LogP contribution < -0.4 is 0 Å². The lowest BCUT2D eigenvalue weighted by Gasteiger charge is -2.42. The molecule has 3 aliphatic rings. The number of likely N-dealkylation sites (tertiary alicyclic amines) is 2. The molecule has 3 aliphatic heterocycles. The van der Waals surface area contributed by atoms with Crippen LogP contribution in [-0.4, -0.2) is 105 Å². The first kappa shape index (κ1) is 22.3. The summed E-state index contributed by atoms with van der Waals surface area (Å²) < 4.78 is 16.1. The van der Waals surface area contributed by atoms with E-state index in [9.17, 15) is 9.59 Å². The second-order valence-electron chi connectivity index (χ2n) is 9.59. The summed E-state index contributed by atoms with van der Waals surface area (Å²) in [5, 5.41) is 0. The maximum absolute atomic E-state index is 12.6. The number of esters is 1. The molecule has 8 heteroatoms. The van der Waals surface area contributed by atoms with Gasteiger partial charge in [-0.1, -0.05) is 0 Å². The number of rotatable bonds is 4. The Morgan fingerprint density at radius 3 is 2.24 bits per heavy atom. The highest BCUT2D eigenvalue weighted by molar-refractivity contribution is 5.74. The van der Waals surface area contributed by atoms with Gasteiger partial charge in [0.15, 0.2) is 0 Å². The van der Waals surface area contributed by atoms with Crippen molar-refractivity contribution in [3.8, 4) is 0 Å². The van der Waals surface area contributed by atoms with E-state index in [1.165, 1.54) is 7.11 Å². The van der Waals surface area contributed by atoms with Crippen molar-refractivity contribution < 1.29 is 23.8 Å². The molecular weight excluding hydrogens is 374 g/mol. The first-order valence-corrected chi connectivity index (χ1v) is 10.8. The lowest BCUT2D eigenvalue weighted by molar-refractivity contribution is -0.149. The number of methoxy groups -OCH3 is 1. The number of carbonyl (C=O) groups excluding carboxylic acids is 2. The molecule has 1 atom stereocenters. The van der Waals surface area contributed by atoms with E-state index >= 15 is 0 Å². The zero-order chi connectivity index (χ0) is 21.1. The van der Waals surface area contributed by atoms with Crippen LogP contribution in [0, 0.1) is 11.3 Å². The van der Waals surface area contributed by atoms with Crippen molar-refractivity contribution in [1.29, 1.82) is 0 Å². The summed E-state index contributed by atoms with van der Waals surface area (Å²) in [6.45, 7) is 14.0. The number of carbonyl (C=O) groups is 2. The molecule has 3 fully saturated rings. The van der Waals surface area contributed by atoms with E-state index in [0.717, 1.165) is 65.3 Å². The largest absolute Gasteiger partial charge is 0.469 e. The molecule has 0 N–H and O–H groups in total. The minimum atomic E-state index is -0.496. The second-order valence-corrected chi connectivity index (χ2v) is 9.59. The summed E-state index contributed by atoms with van der Waals surface area (Å²) in [6.07, 6.45) is 1.35. The van der Waals surface area contributed by atoms with E-state index in [4.69, 9.17) is 14.2 Å². The molecule has 0 saturated carbocycles. The number of nitrogens with zero attached hydrogens (tertiary/aromatic N) is 3. The molecule has 0 radical (unpaired) electrons. The van der Waals surface area contributed by atoms with Gasteiger partial charge in [-0.15, -0.1) is 0 Å². The maximum Gasteiger partial charge on any atom is 0.410 e. The zero-order valence-corrected chi connectivity index (χ0v) is 18.4. The summed E-state index contributed by atoms with van der Waals surface area (Å²) in [7, 11) is 1.47. The van der Waals surface area contributed by atoms with Crippen molar-refractivity contribution in [1.82, 2.24) is 14.7 Å². The van der Waals surface area contributed by atoms with E-state index in [2.05, 4.69) is 9.80 Å². The molecule has 3 saturated heterocycles. The quantitative estimate of drug-likeness (QED) is 0.648. The highest BCUT2D eigenvalue weighted by Crippen LogP contribution is 2.45. The summed E-state index contributed by atoms with van der Waals surface area (Å²) in [5.74, 6) is -0.248. The molecule has 0 aromatic carbocycles. The predicted molar refractivity (Wildman–Crippen MR) is 109 cm³/mol. The Morgan fingerprint density at radius 1 is 1.03 bits per heavy atom. The Bertz CT molecular complexity index is 577. The molecule has 0 aromatic rings. The molecule has 3 heterocycles. The Morgan fingerprint density at radius 2 is 1.66 bits per heavy atom. The molecule has 0 bridgehead atoms. The van der Waals surface area contributed by atoms with E-state index < -0.39 is 5.60 Å². The molecule has 8 nitrogen and oxygen atoms in total. The van der Waals surface area contributed by atoms with E-state index in [1.807, 2.05) is 20.8 Å². The topological polar surface area (TPSA) is 71.6 Å². The van der Waals surface area contributed by atoms with Crippen molar-refractivity contribution in [3.63, 3.8) is 0 Å². The van der Waals surface area contributed by atoms with E-state index in [0.29, 0.717) is 13.1 Å². The first-order chi connectivity index (χ1) is 13.7. The van der Waals surface area contributed by atoms with Crippen LogP contribution in [0.15, 0.2) is 0 Å². The Labute approximate surface area is 174 Å². The highest BCUT2D eigenvalue weighted by atomic mass is 16.6. The van der Waals surface area contributed by atoms with Crippen LogP contribution in [0.3, 0.4) is 0 Å². The number of hydrogen-bond donors (Lipinski definition) is 0. The third-order valence-electron chi connectivity index (χ3n) is 6.45. The standard InChI is InChI=1S/C21H37N3O5/c1-20(2,3)29-19(26)24-7-5-21(6-8-24)16-23(15-17(21)18(25)27-4)10-9-22-11-13-28-14-12-22/h17H,5-16H2,1-4H3. The fraction of sp³-hybridized carbons (Fsp3) is 0.905. The highest BCUT2D eigenvalue weighted by Gasteiger charge is 2.52. The summed E-state index contributed by atoms with van der Waals surface area (Å²) >= 11 is 0. The second kappa shape index (κ2) is 9.18. The van der Waals surface area contributed by atoms with Crippen LogP contribution in [0.4, 0.5) is 4.79 Å². The smallest absolute Gasteiger partial charge is 0.410 e. The number of amides is 1. The van der Waals surface area contributed by atoms with Crippen molar-refractivity contribution >= 4 is 12.1 Å². The average Bonchev–Trinajstić information content (AvgIpc) is 3.03. The van der Waals surface area contributed by atoms with Gasteiger partial charge in [0.25, 0.3) is 0 Å². The minimum Gasteiger partial charge on any atom is -0.469 e. The van der Waals surface area contributed by atoms with E-state index in [-0.39, 0.29) is 23.4 Å². The molecule has 0 aromatic heterocycles. The maximum atomic E-state index is 12.6. The zero-order valence-electron chi connectivity index (χ0n) is 18.4. The van der Waals surface area contributed by atoms with Gasteiger partial charge in [0, 0.05) is 57.8 Å². The lowest BCUT2D eigenvalue weighted by atomic mass is 9.71. The monoisotopic (exact) mass is 411 g/mol. The van der Waals surface area contributed by atoms with Gasteiger partial charge in [-0.3, -0.25) is 9.69 Å². The lowest BCUT2D eigenvalue weighted by Crippen LogP contribution is -2.49. The fourth-order valence-corrected chi connectivity index (χ4v) is 4.78. The minimum absolute atomic E-state index is 0.114. The molecule has 29 heavy (non-hydrogen) atoms. The van der Waals surface area contributed by atoms with Crippen LogP contribution in [0.25, 0.3) is 0 Å². The number of piperidine rings is 1. The van der Waals surface area contributed by atoms with Crippen molar-refractivity contribution in [2.24, 2.45) is 11.3 Å². The van der Waals surface area contributed by atoms with Gasteiger partial charge in [-0.05, 0) is 33.6 Å². The van der Waals surface area contributed by atoms with Gasteiger partial charge in [-0.25, -0.2) is 4.79 Å². The third-order valence-corrected chi connectivity index (χ3v) is 6.45. The fourth-order valence-electron chi connectivity index (χ4n) is 4.78. The normalized spacial score (nSPS) is 25.9. The number of morpholine rings is 1. The van der Waals surface area contributed by atoms with Crippen LogP contribution in [0.2, 0.25) is 0 Å². The van der Waals surface area contributed by atoms with Crippen molar-refractivity contribution in [3.05, 3.63) is 0 Å². The van der Waals surface area contributed by atoms with Gasteiger partial charge < -0.3 is 24.0 Å². The Hall–Kier alpha value is -1.38. The molecule has 3 rings (SSSR count). The molecular formula is C21H37N3O5. The predicted octanol–water partition coefficient (Wildman–Crippen LogP) is 1.44. The van der Waals surface area contributed by atoms with Crippen LogP contribution in [0.5, 0.6) is 0 Å². The number of hydrogen-bond acceptors (Lipinski definition) is 7. The van der Waals surface area contributed by atoms with Gasteiger partial charge in [0.1, 0.15) is 5.60 Å². The SMILES string of the molecule is COC(=O)C1CN(CCN2CCOCC2)CC12CCN(C(=O)OC(C)(C)C)CC2. The Kier molecular flexibility index (Phi) is 7.06. The Balaban J connectivity index is 1.58. The molecule has 0 aliphatic carbocycles. The van der Waals surface area contributed by atoms with Gasteiger partial charge in [0.2, 0.25) is 0 Å².